The first kappa shape index (κ1) is 10.7. The number of hydrogen-bond acceptors (Lipinski definition) is 3. The Balaban J connectivity index is 2.36. The minimum absolute atomic E-state index is 0.0300. The topological polar surface area (TPSA) is 44.5 Å². The van der Waals surface area contributed by atoms with Gasteiger partial charge in [-0.3, -0.25) is 0 Å². The Bertz CT molecular complexity index is 158. The Labute approximate surface area is 74.0 Å². The molecule has 3 nitrogen and oxygen atoms in total. The third-order valence-corrected chi connectivity index (χ3v) is 1.76. The molecule has 0 saturated carbocycles. The van der Waals surface area contributed by atoms with Gasteiger partial charge in [0.05, 0.1) is 13.2 Å². The zero-order valence-electron chi connectivity index (χ0n) is 7.01. The molecule has 0 aromatic carbocycles. The van der Waals surface area contributed by atoms with Gasteiger partial charge >= 0.3 is 6.18 Å². The Hall–Kier alpha value is -0.330. The molecule has 0 radical (unpaired) electrons. The molecule has 0 bridgehead atoms. The highest BCUT2D eigenvalue weighted by Gasteiger charge is 2.42. The predicted molar refractivity (Wildman–Crippen MR) is 39.2 cm³/mol. The van der Waals surface area contributed by atoms with Gasteiger partial charge in [0.25, 0.3) is 0 Å². The monoisotopic (exact) mass is 199 g/mol. The van der Waals surface area contributed by atoms with Gasteiger partial charge in [-0.05, 0) is 13.0 Å². The zero-order valence-corrected chi connectivity index (χ0v) is 7.01. The lowest BCUT2D eigenvalue weighted by Crippen LogP contribution is -2.44. The summed E-state index contributed by atoms with van der Waals surface area (Å²) >= 11 is 0. The fourth-order valence-electron chi connectivity index (χ4n) is 0.985. The molecule has 1 rings (SSSR count). The van der Waals surface area contributed by atoms with Gasteiger partial charge in [-0.25, -0.2) is 0 Å². The number of hydrogen-bond donors (Lipinski definition) is 1. The van der Waals surface area contributed by atoms with E-state index in [-0.39, 0.29) is 26.2 Å². The van der Waals surface area contributed by atoms with Crippen LogP contribution < -0.4 is 5.73 Å². The third-order valence-electron chi connectivity index (χ3n) is 1.76. The van der Waals surface area contributed by atoms with E-state index in [0.717, 1.165) is 0 Å². The van der Waals surface area contributed by atoms with Gasteiger partial charge in [0.15, 0.2) is 6.10 Å². The second kappa shape index (κ2) is 4.26. The summed E-state index contributed by atoms with van der Waals surface area (Å²) in [4.78, 5) is 0. The highest BCUT2D eigenvalue weighted by Crippen LogP contribution is 2.27. The summed E-state index contributed by atoms with van der Waals surface area (Å²) in [6.07, 6.45) is -6.68. The molecule has 0 aromatic rings. The van der Waals surface area contributed by atoms with E-state index in [9.17, 15) is 13.2 Å². The molecule has 78 valence electrons. The molecule has 13 heavy (non-hydrogen) atoms. The fraction of sp³-hybridized carbons (Fsp3) is 1.00. The first-order chi connectivity index (χ1) is 6.04. The minimum atomic E-state index is -4.32. The summed E-state index contributed by atoms with van der Waals surface area (Å²) in [5.74, 6) is 0. The number of nitrogens with two attached hydrogens (primary N) is 1. The van der Waals surface area contributed by atoms with Crippen molar-refractivity contribution >= 4 is 0 Å². The van der Waals surface area contributed by atoms with Crippen LogP contribution in [0.5, 0.6) is 0 Å². The molecule has 1 atom stereocenters. The summed E-state index contributed by atoms with van der Waals surface area (Å²) in [6.45, 7) is 0.464. The quantitative estimate of drug-likeness (QED) is 0.724. The van der Waals surface area contributed by atoms with Gasteiger partial charge in [0.2, 0.25) is 0 Å². The van der Waals surface area contributed by atoms with E-state index >= 15 is 0 Å². The van der Waals surface area contributed by atoms with Crippen LogP contribution in [0.2, 0.25) is 0 Å². The van der Waals surface area contributed by atoms with Gasteiger partial charge in [0.1, 0.15) is 6.10 Å². The van der Waals surface area contributed by atoms with Crippen molar-refractivity contribution in [3.63, 3.8) is 0 Å². The number of ether oxygens (including phenoxy) is 2. The molecule has 1 heterocycles. The molecular formula is C7H12F3NO2. The number of halogens is 3. The first-order valence-corrected chi connectivity index (χ1v) is 4.04. The normalized spacial score (nSPS) is 21.2. The van der Waals surface area contributed by atoms with Crippen LogP contribution in [-0.4, -0.2) is 38.1 Å². The van der Waals surface area contributed by atoms with Crippen LogP contribution in [0.1, 0.15) is 6.42 Å². The maximum atomic E-state index is 12.2. The lowest BCUT2D eigenvalue weighted by atomic mass is 10.2. The average Bonchev–Trinajstić information content (AvgIpc) is 1.91. The van der Waals surface area contributed by atoms with Crippen LogP contribution in [0.3, 0.4) is 0 Å². The van der Waals surface area contributed by atoms with E-state index < -0.39 is 18.4 Å². The van der Waals surface area contributed by atoms with E-state index in [2.05, 4.69) is 0 Å². The van der Waals surface area contributed by atoms with Crippen molar-refractivity contribution in [2.45, 2.75) is 24.8 Å². The van der Waals surface area contributed by atoms with Crippen molar-refractivity contribution in [3.05, 3.63) is 0 Å². The maximum absolute atomic E-state index is 12.2. The largest absolute Gasteiger partial charge is 0.414 e. The van der Waals surface area contributed by atoms with Crippen molar-refractivity contribution in [2.75, 3.05) is 19.8 Å². The Morgan fingerprint density at radius 1 is 1.46 bits per heavy atom. The van der Waals surface area contributed by atoms with Crippen LogP contribution in [0.25, 0.3) is 0 Å². The molecule has 1 saturated heterocycles. The van der Waals surface area contributed by atoms with Gasteiger partial charge in [-0.1, -0.05) is 0 Å². The summed E-state index contributed by atoms with van der Waals surface area (Å²) in [7, 11) is 0. The van der Waals surface area contributed by atoms with Crippen molar-refractivity contribution in [3.8, 4) is 0 Å². The summed E-state index contributed by atoms with van der Waals surface area (Å²) in [5, 5.41) is 0. The SMILES string of the molecule is NCCC(OC1COC1)C(F)(F)F. The van der Waals surface area contributed by atoms with E-state index in [0.29, 0.717) is 0 Å². The van der Waals surface area contributed by atoms with E-state index in [1.54, 1.807) is 0 Å². The Kier molecular flexibility index (Phi) is 3.52. The van der Waals surface area contributed by atoms with Crippen molar-refractivity contribution in [2.24, 2.45) is 5.73 Å². The summed E-state index contributed by atoms with van der Waals surface area (Å²) < 4.78 is 46.1. The molecule has 1 aliphatic rings. The molecule has 2 N–H and O–H groups in total. The average molecular weight is 199 g/mol. The standard InChI is InChI=1S/C7H12F3NO2/c8-7(9,10)6(1-2-11)13-5-3-12-4-5/h5-6H,1-4,11H2. The van der Waals surface area contributed by atoms with Crippen LogP contribution >= 0.6 is 0 Å². The molecule has 1 unspecified atom stereocenters. The molecule has 0 amide bonds. The molecule has 6 heteroatoms. The molecule has 1 aliphatic heterocycles. The van der Waals surface area contributed by atoms with Gasteiger partial charge in [0, 0.05) is 0 Å². The lowest BCUT2D eigenvalue weighted by molar-refractivity contribution is -0.260. The molecular weight excluding hydrogens is 187 g/mol. The molecule has 0 aliphatic carbocycles. The van der Waals surface area contributed by atoms with E-state index in [4.69, 9.17) is 15.2 Å². The Morgan fingerprint density at radius 3 is 2.38 bits per heavy atom. The summed E-state index contributed by atoms with van der Waals surface area (Å²) in [5.41, 5.74) is 5.05. The first-order valence-electron chi connectivity index (χ1n) is 4.04. The highest BCUT2D eigenvalue weighted by molar-refractivity contribution is 4.73. The van der Waals surface area contributed by atoms with Crippen LogP contribution in [-0.2, 0) is 9.47 Å². The number of alkyl halides is 3. The van der Waals surface area contributed by atoms with Gasteiger partial charge < -0.3 is 15.2 Å². The predicted octanol–water partition coefficient (Wildman–Crippen LogP) is 0.681. The van der Waals surface area contributed by atoms with E-state index in [1.165, 1.54) is 0 Å². The van der Waals surface area contributed by atoms with Gasteiger partial charge in [-0.15, -0.1) is 0 Å². The minimum Gasteiger partial charge on any atom is -0.376 e. The Morgan fingerprint density at radius 2 is 2.08 bits per heavy atom. The lowest BCUT2D eigenvalue weighted by Gasteiger charge is -2.31. The zero-order chi connectivity index (χ0) is 9.90. The fourth-order valence-corrected chi connectivity index (χ4v) is 0.985. The third kappa shape index (κ3) is 3.13. The maximum Gasteiger partial charge on any atom is 0.414 e. The smallest absolute Gasteiger partial charge is 0.376 e. The van der Waals surface area contributed by atoms with Crippen LogP contribution in [0.4, 0.5) is 13.2 Å². The highest BCUT2D eigenvalue weighted by atomic mass is 19.4. The van der Waals surface area contributed by atoms with Crippen molar-refractivity contribution in [1.82, 2.24) is 0 Å². The van der Waals surface area contributed by atoms with E-state index in [1.807, 2.05) is 0 Å². The van der Waals surface area contributed by atoms with Crippen LogP contribution in [0.15, 0.2) is 0 Å². The molecule has 0 aromatic heterocycles. The molecule has 0 spiro atoms. The molecule has 1 fully saturated rings. The van der Waals surface area contributed by atoms with Gasteiger partial charge in [-0.2, -0.15) is 13.2 Å². The second-order valence-electron chi connectivity index (χ2n) is 2.90. The van der Waals surface area contributed by atoms with Crippen molar-refractivity contribution < 1.29 is 22.6 Å². The van der Waals surface area contributed by atoms with Crippen LogP contribution in [0, 0.1) is 0 Å². The van der Waals surface area contributed by atoms with Crippen molar-refractivity contribution in [1.29, 1.82) is 0 Å². The summed E-state index contributed by atoms with van der Waals surface area (Å²) in [6, 6.07) is 0. The second-order valence-corrected chi connectivity index (χ2v) is 2.90. The number of rotatable bonds is 4.